The van der Waals surface area contributed by atoms with Crippen molar-refractivity contribution < 1.29 is 31.9 Å². The van der Waals surface area contributed by atoms with Crippen LogP contribution in [0.5, 0.6) is 5.75 Å². The highest BCUT2D eigenvalue weighted by molar-refractivity contribution is 6.07. The van der Waals surface area contributed by atoms with E-state index in [9.17, 15) is 27.2 Å². The van der Waals surface area contributed by atoms with Crippen LogP contribution in [-0.4, -0.2) is 39.9 Å². The number of ether oxygens (including phenoxy) is 1. The number of aromatic amines is 1. The molecule has 6 N–H and O–H groups in total. The molecule has 2 aromatic heterocycles. The monoisotopic (exact) mass is 518 g/mol. The first-order chi connectivity index (χ1) is 17.4. The molecule has 2 amide bonds. The number of nitrogens with zero attached hydrogens (tertiary/aromatic N) is 2. The molecule has 0 fully saturated rings. The smallest absolute Gasteiger partial charge is 0.410 e. The molecule has 1 atom stereocenters. The van der Waals surface area contributed by atoms with Crippen LogP contribution in [0.1, 0.15) is 39.2 Å². The Balaban J connectivity index is 1.72. The molecular formula is C24H22F4N6O3. The van der Waals surface area contributed by atoms with Crippen LogP contribution in [-0.2, 0) is 6.54 Å². The molecule has 1 unspecified atom stereocenters. The maximum Gasteiger partial charge on any atom is 0.410 e. The molecular weight excluding hydrogens is 496 g/mol. The molecule has 0 saturated heterocycles. The predicted molar refractivity (Wildman–Crippen MR) is 127 cm³/mol. The van der Waals surface area contributed by atoms with E-state index in [1.165, 1.54) is 25.3 Å². The van der Waals surface area contributed by atoms with Gasteiger partial charge in [-0.1, -0.05) is 12.1 Å². The molecule has 0 aliphatic heterocycles. The lowest BCUT2D eigenvalue weighted by atomic mass is 10.00. The fraction of sp³-hybridized carbons (Fsp3) is 0.208. The van der Waals surface area contributed by atoms with Gasteiger partial charge in [0, 0.05) is 23.7 Å². The van der Waals surface area contributed by atoms with E-state index in [0.717, 1.165) is 13.0 Å². The van der Waals surface area contributed by atoms with Crippen molar-refractivity contribution in [3.05, 3.63) is 65.1 Å². The number of nitrogens with one attached hydrogen (secondary N) is 2. The van der Waals surface area contributed by atoms with Gasteiger partial charge in [-0.25, -0.2) is 9.07 Å². The lowest BCUT2D eigenvalue weighted by Crippen LogP contribution is -2.26. The maximum absolute atomic E-state index is 13.7. The van der Waals surface area contributed by atoms with Gasteiger partial charge in [0.1, 0.15) is 34.7 Å². The van der Waals surface area contributed by atoms with Crippen LogP contribution in [0.4, 0.5) is 23.4 Å². The first-order valence-electron chi connectivity index (χ1n) is 10.9. The van der Waals surface area contributed by atoms with E-state index in [4.69, 9.17) is 16.2 Å². The second kappa shape index (κ2) is 9.48. The van der Waals surface area contributed by atoms with Crippen LogP contribution < -0.4 is 21.5 Å². The van der Waals surface area contributed by atoms with Crippen molar-refractivity contribution in [2.24, 2.45) is 5.73 Å². The number of fused-ring (bicyclic) bond motifs is 1. The van der Waals surface area contributed by atoms with Gasteiger partial charge in [0.15, 0.2) is 0 Å². The number of alkyl halides is 3. The van der Waals surface area contributed by atoms with Crippen LogP contribution in [0.2, 0.25) is 0 Å². The van der Waals surface area contributed by atoms with Crippen molar-refractivity contribution in [1.82, 2.24) is 20.1 Å². The van der Waals surface area contributed by atoms with E-state index < -0.39 is 35.7 Å². The van der Waals surface area contributed by atoms with Gasteiger partial charge in [0.25, 0.3) is 11.8 Å². The van der Waals surface area contributed by atoms with Gasteiger partial charge in [0.2, 0.25) is 0 Å². The molecule has 0 aliphatic carbocycles. The number of aromatic nitrogens is 3. The van der Waals surface area contributed by atoms with Crippen molar-refractivity contribution >= 4 is 28.5 Å². The zero-order chi connectivity index (χ0) is 27.1. The Bertz CT molecular complexity index is 1510. The second-order valence-corrected chi connectivity index (χ2v) is 8.20. The molecule has 9 nitrogen and oxygen atoms in total. The number of carbonyl (C=O) groups is 2. The summed E-state index contributed by atoms with van der Waals surface area (Å²) in [5.74, 6) is -2.53. The largest absolute Gasteiger partial charge is 0.496 e. The van der Waals surface area contributed by atoms with Crippen LogP contribution in [0.15, 0.2) is 42.6 Å². The number of benzene rings is 2. The van der Waals surface area contributed by atoms with E-state index >= 15 is 0 Å². The Morgan fingerprint density at radius 3 is 2.59 bits per heavy atom. The molecule has 0 saturated carbocycles. The standard InChI is InChI=1S/C24H22F4N6O3/c1-11(24(26,27)28)34-21(29)18(22(30)35)20(33-34)14-5-3-12(19-15(14)7-8-31-19)10-32-23(36)16-9-13(25)4-6-17(16)37-2/h3-9,11,31H,10,29H2,1-2H3,(H2,30,35)(H,32,36). The van der Waals surface area contributed by atoms with Gasteiger partial charge in [-0.3, -0.25) is 9.59 Å². The summed E-state index contributed by atoms with van der Waals surface area (Å²) in [6, 6.07) is 6.23. The topological polar surface area (TPSA) is 141 Å². The SMILES string of the molecule is COc1ccc(F)cc1C(=O)NCc1ccc(-c2nn(C(C)C(F)(F)F)c(N)c2C(N)=O)c2cc[nH]c12. The summed E-state index contributed by atoms with van der Waals surface area (Å²) in [7, 11) is 1.36. The van der Waals surface area contributed by atoms with Gasteiger partial charge in [-0.15, -0.1) is 0 Å². The number of anilines is 1. The molecule has 2 aromatic carbocycles. The Labute approximate surface area is 207 Å². The summed E-state index contributed by atoms with van der Waals surface area (Å²) in [5, 5.41) is 7.20. The van der Waals surface area contributed by atoms with Gasteiger partial charge in [-0.2, -0.15) is 18.3 Å². The van der Waals surface area contributed by atoms with Crippen molar-refractivity contribution in [3.63, 3.8) is 0 Å². The van der Waals surface area contributed by atoms with Crippen molar-refractivity contribution in [1.29, 1.82) is 0 Å². The molecule has 194 valence electrons. The van der Waals surface area contributed by atoms with Gasteiger partial charge < -0.3 is 26.5 Å². The molecule has 0 radical (unpaired) electrons. The summed E-state index contributed by atoms with van der Waals surface area (Å²) < 4.78 is 59.4. The third-order valence-corrected chi connectivity index (χ3v) is 5.94. The number of primary amides is 1. The van der Waals surface area contributed by atoms with E-state index in [0.29, 0.717) is 26.7 Å². The Kier molecular flexibility index (Phi) is 6.55. The maximum atomic E-state index is 13.7. The number of hydrogen-bond donors (Lipinski definition) is 4. The summed E-state index contributed by atoms with van der Waals surface area (Å²) in [6.07, 6.45) is -3.08. The highest BCUT2D eigenvalue weighted by atomic mass is 19.4. The lowest BCUT2D eigenvalue weighted by Gasteiger charge is -2.17. The zero-order valence-electron chi connectivity index (χ0n) is 19.6. The number of nitrogens with two attached hydrogens (primary N) is 2. The van der Waals surface area contributed by atoms with Crippen molar-refractivity contribution in [3.8, 4) is 17.0 Å². The Morgan fingerprint density at radius 2 is 1.95 bits per heavy atom. The number of hydrogen-bond acceptors (Lipinski definition) is 5. The van der Waals surface area contributed by atoms with Crippen molar-refractivity contribution in [2.75, 3.05) is 12.8 Å². The Morgan fingerprint density at radius 1 is 1.22 bits per heavy atom. The number of nitrogen functional groups attached to an aromatic ring is 1. The summed E-state index contributed by atoms with van der Waals surface area (Å²) in [6.45, 7) is 0.878. The Hall–Kier alpha value is -4.55. The first kappa shape index (κ1) is 25.5. The molecule has 37 heavy (non-hydrogen) atoms. The lowest BCUT2D eigenvalue weighted by molar-refractivity contribution is -0.164. The highest BCUT2D eigenvalue weighted by Crippen LogP contribution is 2.38. The molecule has 4 aromatic rings. The fourth-order valence-corrected chi connectivity index (χ4v) is 4.01. The van der Waals surface area contributed by atoms with E-state index in [1.54, 1.807) is 18.3 Å². The number of carbonyl (C=O) groups excluding carboxylic acids is 2. The first-order valence-corrected chi connectivity index (χ1v) is 10.9. The molecule has 0 aliphatic rings. The van der Waals surface area contributed by atoms with Crippen LogP contribution >= 0.6 is 0 Å². The van der Waals surface area contributed by atoms with Crippen LogP contribution in [0, 0.1) is 5.82 Å². The van der Waals surface area contributed by atoms with E-state index in [1.807, 2.05) is 0 Å². The third kappa shape index (κ3) is 4.67. The number of halogens is 4. The van der Waals surface area contributed by atoms with Gasteiger partial charge in [0.05, 0.1) is 18.2 Å². The molecule has 0 spiro atoms. The average molecular weight is 518 g/mol. The number of H-pyrrole nitrogens is 1. The highest BCUT2D eigenvalue weighted by Gasteiger charge is 2.40. The minimum Gasteiger partial charge on any atom is -0.496 e. The predicted octanol–water partition coefficient (Wildman–Crippen LogP) is 3.91. The zero-order valence-corrected chi connectivity index (χ0v) is 19.6. The van der Waals surface area contributed by atoms with Gasteiger partial charge in [-0.05, 0) is 36.8 Å². The summed E-state index contributed by atoms with van der Waals surface area (Å²) in [4.78, 5) is 27.8. The van der Waals surface area contributed by atoms with Crippen molar-refractivity contribution in [2.45, 2.75) is 25.7 Å². The summed E-state index contributed by atoms with van der Waals surface area (Å²) in [5.41, 5.74) is 12.3. The third-order valence-electron chi connectivity index (χ3n) is 5.94. The molecule has 0 bridgehead atoms. The average Bonchev–Trinajstić information content (AvgIpc) is 3.46. The minimum atomic E-state index is -4.66. The summed E-state index contributed by atoms with van der Waals surface area (Å²) >= 11 is 0. The number of amides is 2. The number of methoxy groups -OCH3 is 1. The van der Waals surface area contributed by atoms with E-state index in [-0.39, 0.29) is 29.1 Å². The fourth-order valence-electron chi connectivity index (χ4n) is 4.01. The van der Waals surface area contributed by atoms with Gasteiger partial charge >= 0.3 is 6.18 Å². The normalized spacial score (nSPS) is 12.5. The van der Waals surface area contributed by atoms with Crippen LogP contribution in [0.3, 0.4) is 0 Å². The quantitative estimate of drug-likeness (QED) is 0.275. The number of rotatable bonds is 7. The second-order valence-electron chi connectivity index (χ2n) is 8.20. The minimum absolute atomic E-state index is 0.00718. The molecule has 4 rings (SSSR count). The van der Waals surface area contributed by atoms with E-state index in [2.05, 4.69) is 15.4 Å². The van der Waals surface area contributed by atoms with Crippen LogP contribution in [0.25, 0.3) is 22.2 Å². The molecule has 2 heterocycles. The molecule has 13 heteroatoms.